The topological polar surface area (TPSA) is 89.9 Å². The first-order valence-corrected chi connectivity index (χ1v) is 6.92. The van der Waals surface area contributed by atoms with Crippen molar-refractivity contribution in [2.24, 2.45) is 0 Å². The van der Waals surface area contributed by atoms with Crippen molar-refractivity contribution in [3.63, 3.8) is 0 Å². The Morgan fingerprint density at radius 1 is 1.40 bits per heavy atom. The number of nitrogens with zero attached hydrogens (tertiary/aromatic N) is 1. The molecule has 2 atom stereocenters. The van der Waals surface area contributed by atoms with Gasteiger partial charge in [-0.05, 0) is 30.7 Å². The molecule has 1 fully saturated rings. The molecule has 1 saturated heterocycles. The standard InChI is InChI=1S/C13H15BrN2O4/c1-7-2-8(14)4-9(3-7)15-13(20)16-6-10(17)5-11(16)12(18)19/h2-4,10-11,17H,5-6H2,1H3,(H,15,20)(H,18,19). The van der Waals surface area contributed by atoms with E-state index in [0.29, 0.717) is 5.69 Å². The summed E-state index contributed by atoms with van der Waals surface area (Å²) >= 11 is 3.33. The number of rotatable bonds is 2. The predicted octanol–water partition coefficient (Wildman–Crippen LogP) is 1.81. The minimum Gasteiger partial charge on any atom is -0.480 e. The maximum Gasteiger partial charge on any atom is 0.326 e. The molecule has 1 aliphatic heterocycles. The molecule has 1 heterocycles. The number of carboxylic acids is 1. The summed E-state index contributed by atoms with van der Waals surface area (Å²) in [5.74, 6) is -1.11. The summed E-state index contributed by atoms with van der Waals surface area (Å²) in [6.45, 7) is 1.91. The first kappa shape index (κ1) is 14.8. The van der Waals surface area contributed by atoms with Gasteiger partial charge in [0.05, 0.1) is 6.10 Å². The molecule has 20 heavy (non-hydrogen) atoms. The zero-order valence-electron chi connectivity index (χ0n) is 10.8. The van der Waals surface area contributed by atoms with Gasteiger partial charge >= 0.3 is 12.0 Å². The molecule has 2 unspecified atom stereocenters. The number of anilines is 1. The van der Waals surface area contributed by atoms with E-state index >= 15 is 0 Å². The van der Waals surface area contributed by atoms with Crippen molar-refractivity contribution < 1.29 is 19.8 Å². The third kappa shape index (κ3) is 3.29. The largest absolute Gasteiger partial charge is 0.480 e. The number of halogens is 1. The maximum atomic E-state index is 12.1. The molecule has 0 aliphatic carbocycles. The van der Waals surface area contributed by atoms with Crippen LogP contribution < -0.4 is 5.32 Å². The van der Waals surface area contributed by atoms with Crippen LogP contribution in [-0.2, 0) is 4.79 Å². The highest BCUT2D eigenvalue weighted by Gasteiger charge is 2.38. The van der Waals surface area contributed by atoms with Crippen LogP contribution >= 0.6 is 15.9 Å². The van der Waals surface area contributed by atoms with Gasteiger partial charge in [-0.3, -0.25) is 0 Å². The van der Waals surface area contributed by atoms with E-state index in [-0.39, 0.29) is 13.0 Å². The van der Waals surface area contributed by atoms with Crippen molar-refractivity contribution in [2.45, 2.75) is 25.5 Å². The van der Waals surface area contributed by atoms with E-state index in [4.69, 9.17) is 5.11 Å². The summed E-state index contributed by atoms with van der Waals surface area (Å²) < 4.78 is 0.823. The number of likely N-dealkylation sites (tertiary alicyclic amines) is 1. The molecular formula is C13H15BrN2O4. The van der Waals surface area contributed by atoms with Gasteiger partial charge in [-0.25, -0.2) is 9.59 Å². The van der Waals surface area contributed by atoms with Crippen molar-refractivity contribution in [3.8, 4) is 0 Å². The first-order chi connectivity index (χ1) is 9.36. The molecule has 7 heteroatoms. The summed E-state index contributed by atoms with van der Waals surface area (Å²) in [5.41, 5.74) is 1.54. The lowest BCUT2D eigenvalue weighted by Crippen LogP contribution is -2.43. The second-order valence-corrected chi connectivity index (χ2v) is 5.76. The van der Waals surface area contributed by atoms with Gasteiger partial charge in [-0.1, -0.05) is 15.9 Å². The van der Waals surface area contributed by atoms with Crippen molar-refractivity contribution in [1.82, 2.24) is 4.90 Å². The van der Waals surface area contributed by atoms with Crippen LogP contribution in [0.4, 0.5) is 10.5 Å². The van der Waals surface area contributed by atoms with E-state index in [9.17, 15) is 14.7 Å². The fourth-order valence-corrected chi connectivity index (χ4v) is 2.88. The maximum absolute atomic E-state index is 12.1. The summed E-state index contributed by atoms with van der Waals surface area (Å²) in [5, 5.41) is 21.2. The number of β-amino-alcohol motifs (C(OH)–C–C–N with tert-alkyl or cyclic N) is 1. The number of hydrogen-bond donors (Lipinski definition) is 3. The molecule has 0 saturated carbocycles. The van der Waals surface area contributed by atoms with Crippen molar-refractivity contribution in [3.05, 3.63) is 28.2 Å². The summed E-state index contributed by atoms with van der Waals surface area (Å²) in [4.78, 5) is 24.3. The van der Waals surface area contributed by atoms with Gasteiger partial charge in [0.25, 0.3) is 0 Å². The molecule has 1 aromatic carbocycles. The minimum absolute atomic E-state index is 0.0236. The molecule has 2 amide bonds. The highest BCUT2D eigenvalue weighted by molar-refractivity contribution is 9.10. The van der Waals surface area contributed by atoms with Gasteiger partial charge in [-0.2, -0.15) is 0 Å². The van der Waals surface area contributed by atoms with Gasteiger partial charge in [0.2, 0.25) is 0 Å². The molecule has 0 aromatic heterocycles. The number of aliphatic hydroxyl groups is 1. The Labute approximate surface area is 124 Å². The second-order valence-electron chi connectivity index (χ2n) is 4.84. The number of carbonyl (C=O) groups excluding carboxylic acids is 1. The molecule has 6 nitrogen and oxygen atoms in total. The third-order valence-electron chi connectivity index (χ3n) is 3.12. The molecule has 2 rings (SSSR count). The van der Waals surface area contributed by atoms with E-state index in [0.717, 1.165) is 14.9 Å². The van der Waals surface area contributed by atoms with Crippen LogP contribution in [0.25, 0.3) is 0 Å². The zero-order chi connectivity index (χ0) is 14.9. The van der Waals surface area contributed by atoms with Gasteiger partial charge in [0, 0.05) is 23.1 Å². The fourth-order valence-electron chi connectivity index (χ4n) is 2.28. The van der Waals surface area contributed by atoms with E-state index in [2.05, 4.69) is 21.2 Å². The number of amides is 2. The number of nitrogens with one attached hydrogen (secondary N) is 1. The van der Waals surface area contributed by atoms with Gasteiger partial charge in [-0.15, -0.1) is 0 Å². The highest BCUT2D eigenvalue weighted by Crippen LogP contribution is 2.22. The number of aliphatic carboxylic acids is 1. The Morgan fingerprint density at radius 2 is 2.10 bits per heavy atom. The number of carbonyl (C=O) groups is 2. The monoisotopic (exact) mass is 342 g/mol. The van der Waals surface area contributed by atoms with Crippen LogP contribution in [-0.4, -0.2) is 45.8 Å². The van der Waals surface area contributed by atoms with Crippen molar-refractivity contribution in [1.29, 1.82) is 0 Å². The Hall–Kier alpha value is -1.60. The fraction of sp³-hybridized carbons (Fsp3) is 0.385. The SMILES string of the molecule is Cc1cc(Br)cc(NC(=O)N2CC(O)CC2C(=O)O)c1. The van der Waals surface area contributed by atoms with E-state index in [1.807, 2.05) is 13.0 Å². The zero-order valence-corrected chi connectivity index (χ0v) is 12.4. The minimum atomic E-state index is -1.11. The third-order valence-corrected chi connectivity index (χ3v) is 3.58. The molecular weight excluding hydrogens is 328 g/mol. The van der Waals surface area contributed by atoms with Gasteiger partial charge in [0.15, 0.2) is 0 Å². The van der Waals surface area contributed by atoms with Gasteiger partial charge < -0.3 is 20.4 Å². The smallest absolute Gasteiger partial charge is 0.326 e. The van der Waals surface area contributed by atoms with Crippen LogP contribution in [0.3, 0.4) is 0 Å². The van der Waals surface area contributed by atoms with Crippen LogP contribution in [0.15, 0.2) is 22.7 Å². The van der Waals surface area contributed by atoms with Crippen LogP contribution in [0.5, 0.6) is 0 Å². The lowest BCUT2D eigenvalue weighted by atomic mass is 10.2. The number of urea groups is 1. The van der Waals surface area contributed by atoms with Crippen molar-refractivity contribution in [2.75, 3.05) is 11.9 Å². The first-order valence-electron chi connectivity index (χ1n) is 6.12. The number of carboxylic acid groups (broad SMARTS) is 1. The average molecular weight is 343 g/mol. The summed E-state index contributed by atoms with van der Waals surface area (Å²) in [7, 11) is 0. The Balaban J connectivity index is 2.13. The quantitative estimate of drug-likeness (QED) is 0.764. The summed E-state index contributed by atoms with van der Waals surface area (Å²) in [6, 6.07) is 3.90. The average Bonchev–Trinajstić information content (AvgIpc) is 2.70. The second kappa shape index (κ2) is 5.80. The van der Waals surface area contributed by atoms with E-state index < -0.39 is 24.1 Å². The van der Waals surface area contributed by atoms with Gasteiger partial charge in [0.1, 0.15) is 6.04 Å². The molecule has 3 N–H and O–H groups in total. The Bertz CT molecular complexity index is 529. The normalized spacial score (nSPS) is 21.9. The molecule has 0 spiro atoms. The number of aryl methyl sites for hydroxylation is 1. The Kier molecular flexibility index (Phi) is 4.29. The van der Waals surface area contributed by atoms with Crippen molar-refractivity contribution >= 4 is 33.6 Å². The molecule has 0 bridgehead atoms. The van der Waals surface area contributed by atoms with Crippen LogP contribution in [0, 0.1) is 6.92 Å². The summed E-state index contributed by atoms with van der Waals surface area (Å²) in [6.07, 6.45) is -0.744. The Morgan fingerprint density at radius 3 is 2.70 bits per heavy atom. The predicted molar refractivity (Wildman–Crippen MR) is 76.7 cm³/mol. The number of aliphatic hydroxyl groups excluding tert-OH is 1. The lowest BCUT2D eigenvalue weighted by molar-refractivity contribution is -0.141. The van der Waals surface area contributed by atoms with Crippen LogP contribution in [0.1, 0.15) is 12.0 Å². The molecule has 1 aliphatic rings. The molecule has 108 valence electrons. The lowest BCUT2D eigenvalue weighted by Gasteiger charge is -2.21. The molecule has 0 radical (unpaired) electrons. The highest BCUT2D eigenvalue weighted by atomic mass is 79.9. The van der Waals surface area contributed by atoms with E-state index in [1.165, 1.54) is 0 Å². The number of hydrogen-bond acceptors (Lipinski definition) is 3. The van der Waals surface area contributed by atoms with E-state index in [1.54, 1.807) is 12.1 Å². The number of benzene rings is 1. The molecule has 1 aromatic rings. The van der Waals surface area contributed by atoms with Crippen LogP contribution in [0.2, 0.25) is 0 Å².